The van der Waals surface area contributed by atoms with Crippen LogP contribution in [0.5, 0.6) is 5.75 Å². The monoisotopic (exact) mass is 239 g/mol. The number of hydrogen-bond acceptors (Lipinski definition) is 3. The van der Waals surface area contributed by atoms with E-state index in [0.29, 0.717) is 6.04 Å². The Hall–Kier alpha value is -0.670. The van der Waals surface area contributed by atoms with Crippen LogP contribution in [0.25, 0.3) is 0 Å². The summed E-state index contributed by atoms with van der Waals surface area (Å²) >= 11 is 1.71. The molecule has 0 saturated heterocycles. The van der Waals surface area contributed by atoms with Crippen LogP contribution in [-0.4, -0.2) is 19.9 Å². The van der Waals surface area contributed by atoms with Crippen LogP contribution in [0, 0.1) is 0 Å². The van der Waals surface area contributed by atoms with Crippen LogP contribution < -0.4 is 10.1 Å². The quantitative estimate of drug-likeness (QED) is 0.768. The van der Waals surface area contributed by atoms with E-state index in [4.69, 9.17) is 4.74 Å². The molecule has 0 amide bonds. The van der Waals surface area contributed by atoms with Gasteiger partial charge in [-0.25, -0.2) is 0 Å². The summed E-state index contributed by atoms with van der Waals surface area (Å²) in [6.07, 6.45) is 3.22. The average molecular weight is 239 g/mol. The second kappa shape index (κ2) is 6.81. The molecule has 0 spiro atoms. The van der Waals surface area contributed by atoms with Crippen molar-refractivity contribution in [3.05, 3.63) is 23.8 Å². The minimum Gasteiger partial charge on any atom is -0.496 e. The van der Waals surface area contributed by atoms with Crippen LogP contribution in [0.3, 0.4) is 0 Å². The second-order valence-electron chi connectivity index (χ2n) is 3.79. The lowest BCUT2D eigenvalue weighted by molar-refractivity contribution is 0.403. The SMILES string of the molecule is CCCNC(C)c1ccc(SC)c(OC)c1. The summed E-state index contributed by atoms with van der Waals surface area (Å²) in [5, 5.41) is 3.48. The van der Waals surface area contributed by atoms with E-state index in [0.717, 1.165) is 18.7 Å². The predicted molar refractivity (Wildman–Crippen MR) is 71.5 cm³/mol. The van der Waals surface area contributed by atoms with E-state index >= 15 is 0 Å². The summed E-state index contributed by atoms with van der Waals surface area (Å²) in [5.74, 6) is 0.968. The van der Waals surface area contributed by atoms with E-state index in [9.17, 15) is 0 Å². The van der Waals surface area contributed by atoms with Crippen molar-refractivity contribution in [2.75, 3.05) is 19.9 Å². The molecule has 0 bridgehead atoms. The molecule has 90 valence electrons. The van der Waals surface area contributed by atoms with Crippen molar-refractivity contribution in [1.82, 2.24) is 5.32 Å². The van der Waals surface area contributed by atoms with E-state index < -0.39 is 0 Å². The van der Waals surface area contributed by atoms with Gasteiger partial charge < -0.3 is 10.1 Å². The highest BCUT2D eigenvalue weighted by Gasteiger charge is 2.08. The molecule has 2 nitrogen and oxygen atoms in total. The topological polar surface area (TPSA) is 21.3 Å². The summed E-state index contributed by atoms with van der Waals surface area (Å²) < 4.78 is 5.38. The predicted octanol–water partition coefficient (Wildman–Crippen LogP) is 3.48. The Labute approximate surface area is 103 Å². The van der Waals surface area contributed by atoms with Crippen LogP contribution >= 0.6 is 11.8 Å². The number of benzene rings is 1. The Bertz CT molecular complexity index is 328. The molecule has 0 radical (unpaired) electrons. The Balaban J connectivity index is 2.81. The number of rotatable bonds is 6. The highest BCUT2D eigenvalue weighted by Crippen LogP contribution is 2.30. The molecule has 16 heavy (non-hydrogen) atoms. The molecular formula is C13H21NOS. The maximum Gasteiger partial charge on any atom is 0.132 e. The van der Waals surface area contributed by atoms with Crippen LogP contribution in [0.2, 0.25) is 0 Å². The number of nitrogens with one attached hydrogen (secondary N) is 1. The Morgan fingerprint density at radius 1 is 1.44 bits per heavy atom. The number of hydrogen-bond donors (Lipinski definition) is 1. The van der Waals surface area contributed by atoms with Crippen LogP contribution in [-0.2, 0) is 0 Å². The molecule has 1 aromatic carbocycles. The fourth-order valence-corrected chi connectivity index (χ4v) is 2.15. The highest BCUT2D eigenvalue weighted by atomic mass is 32.2. The van der Waals surface area contributed by atoms with Gasteiger partial charge in [-0.15, -0.1) is 11.8 Å². The molecule has 1 atom stereocenters. The van der Waals surface area contributed by atoms with E-state index in [1.807, 2.05) is 0 Å². The minimum atomic E-state index is 0.379. The van der Waals surface area contributed by atoms with Crippen LogP contribution in [0.15, 0.2) is 23.1 Å². The summed E-state index contributed by atoms with van der Waals surface area (Å²) in [6.45, 7) is 5.41. The van der Waals surface area contributed by atoms with Gasteiger partial charge in [0.25, 0.3) is 0 Å². The van der Waals surface area contributed by atoms with E-state index in [-0.39, 0.29) is 0 Å². The molecule has 0 aliphatic carbocycles. The fourth-order valence-electron chi connectivity index (χ4n) is 1.60. The number of methoxy groups -OCH3 is 1. The zero-order chi connectivity index (χ0) is 12.0. The lowest BCUT2D eigenvalue weighted by Gasteiger charge is -2.15. The average Bonchev–Trinajstić information content (AvgIpc) is 2.34. The van der Waals surface area contributed by atoms with Gasteiger partial charge in [-0.2, -0.15) is 0 Å². The van der Waals surface area contributed by atoms with Gasteiger partial charge in [-0.05, 0) is 43.8 Å². The van der Waals surface area contributed by atoms with Gasteiger partial charge in [-0.1, -0.05) is 13.0 Å². The first-order valence-corrected chi connectivity index (χ1v) is 6.90. The first-order chi connectivity index (χ1) is 7.72. The van der Waals surface area contributed by atoms with Crippen LogP contribution in [0.1, 0.15) is 31.9 Å². The van der Waals surface area contributed by atoms with E-state index in [2.05, 4.69) is 43.6 Å². The van der Waals surface area contributed by atoms with Crippen molar-refractivity contribution >= 4 is 11.8 Å². The zero-order valence-corrected chi connectivity index (χ0v) is 11.4. The maximum absolute atomic E-state index is 5.38. The van der Waals surface area contributed by atoms with E-state index in [1.165, 1.54) is 10.5 Å². The summed E-state index contributed by atoms with van der Waals surface area (Å²) in [7, 11) is 1.73. The molecular weight excluding hydrogens is 218 g/mol. The van der Waals surface area contributed by atoms with E-state index in [1.54, 1.807) is 18.9 Å². The standard InChI is InChI=1S/C13H21NOS/c1-5-8-14-10(2)11-6-7-13(16-4)12(9-11)15-3/h6-7,9-10,14H,5,8H2,1-4H3. The Morgan fingerprint density at radius 3 is 2.75 bits per heavy atom. The van der Waals surface area contributed by atoms with Gasteiger partial charge in [0, 0.05) is 10.9 Å². The van der Waals surface area contributed by atoms with Crippen molar-refractivity contribution in [2.45, 2.75) is 31.2 Å². The Morgan fingerprint density at radius 2 is 2.19 bits per heavy atom. The molecule has 1 rings (SSSR count). The van der Waals surface area contributed by atoms with Gasteiger partial charge in [-0.3, -0.25) is 0 Å². The van der Waals surface area contributed by atoms with Gasteiger partial charge in [0.1, 0.15) is 5.75 Å². The molecule has 0 saturated carbocycles. The van der Waals surface area contributed by atoms with Gasteiger partial charge in [0.05, 0.1) is 7.11 Å². The first kappa shape index (κ1) is 13.4. The molecule has 1 N–H and O–H groups in total. The third-order valence-electron chi connectivity index (χ3n) is 2.61. The molecule has 1 aromatic rings. The fraction of sp³-hybridized carbons (Fsp3) is 0.538. The van der Waals surface area contributed by atoms with Crippen molar-refractivity contribution in [1.29, 1.82) is 0 Å². The van der Waals surface area contributed by atoms with Crippen molar-refractivity contribution < 1.29 is 4.74 Å². The van der Waals surface area contributed by atoms with Crippen molar-refractivity contribution in [3.8, 4) is 5.75 Å². The molecule has 3 heteroatoms. The van der Waals surface area contributed by atoms with Crippen molar-refractivity contribution in [3.63, 3.8) is 0 Å². The third-order valence-corrected chi connectivity index (χ3v) is 3.39. The highest BCUT2D eigenvalue weighted by molar-refractivity contribution is 7.98. The van der Waals surface area contributed by atoms with Gasteiger partial charge >= 0.3 is 0 Å². The van der Waals surface area contributed by atoms with Gasteiger partial charge in [0.2, 0.25) is 0 Å². The third kappa shape index (κ3) is 3.42. The smallest absolute Gasteiger partial charge is 0.132 e. The Kier molecular flexibility index (Phi) is 5.71. The molecule has 0 aromatic heterocycles. The zero-order valence-electron chi connectivity index (χ0n) is 10.5. The first-order valence-electron chi connectivity index (χ1n) is 5.68. The lowest BCUT2D eigenvalue weighted by Crippen LogP contribution is -2.19. The van der Waals surface area contributed by atoms with Crippen LogP contribution in [0.4, 0.5) is 0 Å². The largest absolute Gasteiger partial charge is 0.496 e. The number of thioether (sulfide) groups is 1. The summed E-state index contributed by atoms with van der Waals surface area (Å²) in [4.78, 5) is 1.19. The molecule has 0 aliphatic rings. The maximum atomic E-state index is 5.38. The lowest BCUT2D eigenvalue weighted by atomic mass is 10.1. The molecule has 0 heterocycles. The molecule has 1 unspecified atom stereocenters. The summed E-state index contributed by atoms with van der Waals surface area (Å²) in [5.41, 5.74) is 1.28. The molecule has 0 fully saturated rings. The van der Waals surface area contributed by atoms with Crippen molar-refractivity contribution in [2.24, 2.45) is 0 Å². The summed E-state index contributed by atoms with van der Waals surface area (Å²) in [6, 6.07) is 6.80. The number of ether oxygens (including phenoxy) is 1. The minimum absolute atomic E-state index is 0.379. The molecule has 0 aliphatic heterocycles. The van der Waals surface area contributed by atoms with Gasteiger partial charge in [0.15, 0.2) is 0 Å². The normalized spacial score (nSPS) is 12.5. The second-order valence-corrected chi connectivity index (χ2v) is 4.64.